The second kappa shape index (κ2) is 6.34. The molecule has 0 spiro atoms. The van der Waals surface area contributed by atoms with Gasteiger partial charge >= 0.3 is 0 Å². The van der Waals surface area contributed by atoms with Gasteiger partial charge in [0.05, 0.1) is 13.2 Å². The Kier molecular flexibility index (Phi) is 4.24. The summed E-state index contributed by atoms with van der Waals surface area (Å²) in [4.78, 5) is 15.2. The summed E-state index contributed by atoms with van der Waals surface area (Å²) in [7, 11) is 0. The monoisotopic (exact) mass is 345 g/mol. The number of ether oxygens (including phenoxy) is 1. The summed E-state index contributed by atoms with van der Waals surface area (Å²) < 4.78 is 5.56. The zero-order chi connectivity index (χ0) is 17.0. The lowest BCUT2D eigenvalue weighted by Crippen LogP contribution is -2.52. The van der Waals surface area contributed by atoms with Crippen LogP contribution in [0, 0.1) is 35.0 Å². The number of carbonyl (C=O) groups excluding carboxylic acids is 1. The first-order chi connectivity index (χ1) is 12.2. The second-order valence-electron chi connectivity index (χ2n) is 9.97. The average Bonchev–Trinajstić information content (AvgIpc) is 2.97. The van der Waals surface area contributed by atoms with Crippen molar-refractivity contribution >= 4 is 5.78 Å². The van der Waals surface area contributed by atoms with E-state index in [0.29, 0.717) is 5.78 Å². The first-order valence-corrected chi connectivity index (χ1v) is 11.0. The zero-order valence-electron chi connectivity index (χ0n) is 15.9. The minimum atomic E-state index is 0.0546. The van der Waals surface area contributed by atoms with Crippen molar-refractivity contribution in [2.24, 2.45) is 35.0 Å². The van der Waals surface area contributed by atoms with E-state index >= 15 is 0 Å². The van der Waals surface area contributed by atoms with Crippen molar-refractivity contribution in [3.05, 3.63) is 0 Å². The number of carbonyl (C=O) groups is 1. The van der Waals surface area contributed by atoms with Crippen molar-refractivity contribution in [1.29, 1.82) is 0 Å². The van der Waals surface area contributed by atoms with Crippen LogP contribution < -0.4 is 0 Å². The van der Waals surface area contributed by atoms with Gasteiger partial charge < -0.3 is 4.74 Å². The molecular formula is C22H35NO2. The minimum absolute atomic E-state index is 0.0546. The van der Waals surface area contributed by atoms with Gasteiger partial charge in [-0.25, -0.2) is 0 Å². The Balaban J connectivity index is 1.29. The molecule has 1 aliphatic heterocycles. The summed E-state index contributed by atoms with van der Waals surface area (Å²) in [5.74, 6) is 5.05. The van der Waals surface area contributed by atoms with E-state index in [1.54, 1.807) is 0 Å². The maximum Gasteiger partial charge on any atom is 0.139 e. The third-order valence-electron chi connectivity index (χ3n) is 9.20. The van der Waals surface area contributed by atoms with Gasteiger partial charge in [-0.2, -0.15) is 0 Å². The summed E-state index contributed by atoms with van der Waals surface area (Å²) in [5, 5.41) is 0. The van der Waals surface area contributed by atoms with Gasteiger partial charge in [0.25, 0.3) is 0 Å². The minimum Gasteiger partial charge on any atom is -0.379 e. The molecule has 1 unspecified atom stereocenters. The first-order valence-electron chi connectivity index (χ1n) is 11.0. The molecule has 3 nitrogen and oxygen atoms in total. The van der Waals surface area contributed by atoms with E-state index in [1.807, 2.05) is 0 Å². The van der Waals surface area contributed by atoms with Gasteiger partial charge in [0.15, 0.2) is 0 Å². The fourth-order valence-electron chi connectivity index (χ4n) is 7.87. The predicted molar refractivity (Wildman–Crippen MR) is 98.3 cm³/mol. The van der Waals surface area contributed by atoms with E-state index < -0.39 is 0 Å². The van der Waals surface area contributed by atoms with Crippen molar-refractivity contribution in [2.45, 2.75) is 70.8 Å². The Morgan fingerprint density at radius 1 is 0.960 bits per heavy atom. The molecular weight excluding hydrogens is 310 g/mol. The smallest absolute Gasteiger partial charge is 0.139 e. The fourth-order valence-corrected chi connectivity index (χ4v) is 7.87. The molecule has 0 aromatic heterocycles. The van der Waals surface area contributed by atoms with E-state index in [1.165, 1.54) is 51.4 Å². The van der Waals surface area contributed by atoms with E-state index in [9.17, 15) is 4.79 Å². The van der Waals surface area contributed by atoms with Crippen LogP contribution in [0.3, 0.4) is 0 Å². The molecule has 0 amide bonds. The standard InChI is InChI=1S/C22H35NO2/c1-22-9-8-18-17-5-3-16(23-10-12-25-13-11-23)14-15(17)2-4-19(18)20(22)6-7-21(22)24/h15-20H,2-14H2,1H3/t15-,16-,17-,18+,19?,20-,22-/m0/s1. The molecule has 4 saturated carbocycles. The molecule has 140 valence electrons. The molecule has 1 heterocycles. The SMILES string of the molecule is C[C@]12CC[C@H]3C(CC[C@H]4C[C@@H](N5CCOCC5)CC[C@@H]43)[C@@H]1CCC2=O. The number of hydrogen-bond donors (Lipinski definition) is 0. The average molecular weight is 346 g/mol. The summed E-state index contributed by atoms with van der Waals surface area (Å²) in [6.45, 7) is 6.48. The highest BCUT2D eigenvalue weighted by atomic mass is 16.5. The molecule has 0 N–H and O–H groups in total. The molecule has 0 bridgehead atoms. The lowest BCUT2D eigenvalue weighted by atomic mass is 9.50. The van der Waals surface area contributed by atoms with E-state index in [0.717, 1.165) is 68.4 Å². The molecule has 0 aromatic carbocycles. The summed E-state index contributed by atoms with van der Waals surface area (Å²) >= 11 is 0. The van der Waals surface area contributed by atoms with Crippen LogP contribution in [0.2, 0.25) is 0 Å². The summed E-state index contributed by atoms with van der Waals surface area (Å²) in [6, 6.07) is 0.823. The number of fused-ring (bicyclic) bond motifs is 5. The molecule has 0 radical (unpaired) electrons. The van der Waals surface area contributed by atoms with Gasteiger partial charge in [-0.3, -0.25) is 9.69 Å². The number of ketones is 1. The van der Waals surface area contributed by atoms with Gasteiger partial charge in [-0.15, -0.1) is 0 Å². The molecule has 25 heavy (non-hydrogen) atoms. The number of nitrogens with zero attached hydrogens (tertiary/aromatic N) is 1. The summed E-state index contributed by atoms with van der Waals surface area (Å²) in [5.41, 5.74) is 0.0546. The number of hydrogen-bond acceptors (Lipinski definition) is 3. The first kappa shape index (κ1) is 16.7. The Labute approximate surface area is 152 Å². The second-order valence-corrected chi connectivity index (χ2v) is 9.97. The van der Waals surface area contributed by atoms with Crippen LogP contribution in [0.4, 0.5) is 0 Å². The molecule has 5 rings (SSSR count). The Morgan fingerprint density at radius 2 is 1.76 bits per heavy atom. The van der Waals surface area contributed by atoms with E-state index in [-0.39, 0.29) is 5.41 Å². The lowest BCUT2D eigenvalue weighted by Gasteiger charge is -2.55. The predicted octanol–water partition coefficient (Wildman–Crippen LogP) is 3.91. The van der Waals surface area contributed by atoms with Gasteiger partial charge in [-0.1, -0.05) is 6.92 Å². The largest absolute Gasteiger partial charge is 0.379 e. The van der Waals surface area contributed by atoms with Crippen molar-refractivity contribution in [3.63, 3.8) is 0 Å². The van der Waals surface area contributed by atoms with Gasteiger partial charge in [-0.05, 0) is 81.0 Å². The third-order valence-corrected chi connectivity index (χ3v) is 9.20. The topological polar surface area (TPSA) is 29.5 Å². The molecule has 5 aliphatic rings. The normalized spacial score (nSPS) is 50.8. The van der Waals surface area contributed by atoms with Crippen LogP contribution in [-0.2, 0) is 9.53 Å². The molecule has 7 atom stereocenters. The molecule has 5 fully saturated rings. The maximum absolute atomic E-state index is 12.5. The third kappa shape index (κ3) is 2.64. The maximum atomic E-state index is 12.5. The van der Waals surface area contributed by atoms with Crippen molar-refractivity contribution < 1.29 is 9.53 Å². The zero-order valence-corrected chi connectivity index (χ0v) is 15.9. The Bertz CT molecular complexity index is 528. The summed E-state index contributed by atoms with van der Waals surface area (Å²) in [6.07, 6.45) is 11.7. The van der Waals surface area contributed by atoms with Crippen LogP contribution in [0.15, 0.2) is 0 Å². The number of Topliss-reactive ketones (excluding diaryl/α,β-unsaturated/α-hetero) is 1. The highest BCUT2D eigenvalue weighted by Gasteiger charge is 2.57. The van der Waals surface area contributed by atoms with Crippen LogP contribution in [0.5, 0.6) is 0 Å². The van der Waals surface area contributed by atoms with Crippen LogP contribution >= 0.6 is 0 Å². The van der Waals surface area contributed by atoms with E-state index in [2.05, 4.69) is 11.8 Å². The lowest BCUT2D eigenvalue weighted by molar-refractivity contribution is -0.133. The van der Waals surface area contributed by atoms with Crippen LogP contribution in [0.25, 0.3) is 0 Å². The number of rotatable bonds is 1. The van der Waals surface area contributed by atoms with Gasteiger partial charge in [0.2, 0.25) is 0 Å². The molecule has 4 aliphatic carbocycles. The Hall–Kier alpha value is -0.410. The van der Waals surface area contributed by atoms with Crippen LogP contribution in [0.1, 0.15) is 64.7 Å². The fraction of sp³-hybridized carbons (Fsp3) is 0.955. The van der Waals surface area contributed by atoms with Gasteiger partial charge in [0, 0.05) is 31.0 Å². The number of morpholine rings is 1. The van der Waals surface area contributed by atoms with Gasteiger partial charge in [0.1, 0.15) is 5.78 Å². The van der Waals surface area contributed by atoms with Crippen molar-refractivity contribution in [3.8, 4) is 0 Å². The quantitative estimate of drug-likeness (QED) is 0.722. The highest BCUT2D eigenvalue weighted by Crippen LogP contribution is 2.61. The molecule has 0 aromatic rings. The Morgan fingerprint density at radius 3 is 2.60 bits per heavy atom. The van der Waals surface area contributed by atoms with Crippen molar-refractivity contribution in [2.75, 3.05) is 26.3 Å². The van der Waals surface area contributed by atoms with Crippen LogP contribution in [-0.4, -0.2) is 43.0 Å². The molecule has 3 heteroatoms. The van der Waals surface area contributed by atoms with Crippen molar-refractivity contribution in [1.82, 2.24) is 4.90 Å². The van der Waals surface area contributed by atoms with E-state index in [4.69, 9.17) is 4.74 Å². The highest BCUT2D eigenvalue weighted by molar-refractivity contribution is 5.87. The molecule has 1 saturated heterocycles.